The minimum absolute atomic E-state index is 0.0567. The molecular formula is C20H25FN2O7S2. The van der Waals surface area contributed by atoms with Crippen LogP contribution in [-0.2, 0) is 24.8 Å². The summed E-state index contributed by atoms with van der Waals surface area (Å²) in [6.45, 7) is 5.62. The molecule has 0 heterocycles. The smallest absolute Gasteiger partial charge is 0.337 e. The SMILES string of the molecule is CCOc1ccc(NS(=O)(=O)c2cc(C(=O)OC)ccc2F)cc1S(=O)(=O)N(CC)CC. The van der Waals surface area contributed by atoms with Crippen molar-refractivity contribution >= 4 is 31.7 Å². The van der Waals surface area contributed by atoms with E-state index in [0.29, 0.717) is 0 Å². The number of hydrogen-bond donors (Lipinski definition) is 1. The van der Waals surface area contributed by atoms with Gasteiger partial charge in [0, 0.05) is 13.1 Å². The predicted octanol–water partition coefficient (Wildman–Crippen LogP) is 2.84. The Morgan fingerprint density at radius 3 is 2.22 bits per heavy atom. The Morgan fingerprint density at radius 2 is 1.66 bits per heavy atom. The number of esters is 1. The quantitative estimate of drug-likeness (QED) is 0.511. The van der Waals surface area contributed by atoms with E-state index in [4.69, 9.17) is 4.74 Å². The van der Waals surface area contributed by atoms with Gasteiger partial charge in [-0.25, -0.2) is 26.0 Å². The van der Waals surface area contributed by atoms with Crippen molar-refractivity contribution in [2.45, 2.75) is 30.6 Å². The van der Waals surface area contributed by atoms with Crippen molar-refractivity contribution in [1.82, 2.24) is 4.31 Å². The Labute approximate surface area is 187 Å². The second-order valence-electron chi connectivity index (χ2n) is 6.43. The second kappa shape index (κ2) is 10.3. The fourth-order valence-corrected chi connectivity index (χ4v) is 5.68. The largest absolute Gasteiger partial charge is 0.492 e. The number of carbonyl (C=O) groups is 1. The fourth-order valence-electron chi connectivity index (χ4n) is 2.91. The molecule has 0 aliphatic carbocycles. The number of anilines is 1. The van der Waals surface area contributed by atoms with E-state index in [1.807, 2.05) is 0 Å². The van der Waals surface area contributed by atoms with Crippen LogP contribution in [0.3, 0.4) is 0 Å². The van der Waals surface area contributed by atoms with E-state index in [9.17, 15) is 26.0 Å². The van der Waals surface area contributed by atoms with Gasteiger partial charge in [0.15, 0.2) is 0 Å². The van der Waals surface area contributed by atoms with E-state index in [2.05, 4.69) is 9.46 Å². The van der Waals surface area contributed by atoms with Crippen molar-refractivity contribution in [2.75, 3.05) is 31.5 Å². The molecule has 0 spiro atoms. The van der Waals surface area contributed by atoms with Crippen molar-refractivity contribution in [3.63, 3.8) is 0 Å². The van der Waals surface area contributed by atoms with E-state index < -0.39 is 36.7 Å². The van der Waals surface area contributed by atoms with Crippen LogP contribution in [0.25, 0.3) is 0 Å². The molecule has 0 saturated heterocycles. The maximum absolute atomic E-state index is 14.3. The molecule has 0 bridgehead atoms. The molecule has 9 nitrogen and oxygen atoms in total. The van der Waals surface area contributed by atoms with Gasteiger partial charge in [-0.05, 0) is 43.3 Å². The summed E-state index contributed by atoms with van der Waals surface area (Å²) in [4.78, 5) is 10.7. The summed E-state index contributed by atoms with van der Waals surface area (Å²) in [5, 5.41) is 0. The van der Waals surface area contributed by atoms with Crippen LogP contribution in [0.4, 0.5) is 10.1 Å². The van der Waals surface area contributed by atoms with Crippen LogP contribution in [0.2, 0.25) is 0 Å². The number of nitrogens with zero attached hydrogens (tertiary/aromatic N) is 1. The van der Waals surface area contributed by atoms with Crippen molar-refractivity contribution in [1.29, 1.82) is 0 Å². The molecule has 0 radical (unpaired) electrons. The van der Waals surface area contributed by atoms with Crippen LogP contribution in [0.1, 0.15) is 31.1 Å². The molecule has 1 N–H and O–H groups in total. The van der Waals surface area contributed by atoms with Gasteiger partial charge in [0.25, 0.3) is 10.0 Å². The average molecular weight is 489 g/mol. The minimum atomic E-state index is -4.51. The van der Waals surface area contributed by atoms with Gasteiger partial charge in [0.05, 0.1) is 25.0 Å². The Morgan fingerprint density at radius 1 is 1.00 bits per heavy atom. The molecule has 2 rings (SSSR count). The number of ether oxygens (including phenoxy) is 2. The first kappa shape index (κ1) is 25.6. The molecule has 0 aromatic heterocycles. The van der Waals surface area contributed by atoms with Crippen molar-refractivity contribution < 1.29 is 35.5 Å². The zero-order valence-corrected chi connectivity index (χ0v) is 19.7. The third-order valence-electron chi connectivity index (χ3n) is 4.46. The number of nitrogens with one attached hydrogen (secondary N) is 1. The molecule has 0 aliphatic rings. The molecule has 0 saturated carbocycles. The first-order chi connectivity index (χ1) is 15.0. The molecule has 2 aromatic carbocycles. The van der Waals surface area contributed by atoms with Gasteiger partial charge >= 0.3 is 5.97 Å². The van der Waals surface area contributed by atoms with Crippen molar-refractivity contribution in [3.05, 3.63) is 47.8 Å². The van der Waals surface area contributed by atoms with Gasteiger partial charge < -0.3 is 9.47 Å². The average Bonchev–Trinajstić information content (AvgIpc) is 2.75. The highest BCUT2D eigenvalue weighted by atomic mass is 32.2. The van der Waals surface area contributed by atoms with Crippen LogP contribution >= 0.6 is 0 Å². The third-order valence-corrected chi connectivity index (χ3v) is 7.93. The van der Waals surface area contributed by atoms with Crippen LogP contribution < -0.4 is 9.46 Å². The van der Waals surface area contributed by atoms with Crippen LogP contribution in [0.5, 0.6) is 5.75 Å². The zero-order chi connectivity index (χ0) is 24.1. The second-order valence-corrected chi connectivity index (χ2v) is 9.98. The molecule has 0 unspecified atom stereocenters. The normalized spacial score (nSPS) is 11.9. The molecule has 32 heavy (non-hydrogen) atoms. The number of rotatable bonds is 10. The molecule has 12 heteroatoms. The topological polar surface area (TPSA) is 119 Å². The highest BCUT2D eigenvalue weighted by molar-refractivity contribution is 7.92. The first-order valence-corrected chi connectivity index (χ1v) is 12.6. The van der Waals surface area contributed by atoms with Crippen molar-refractivity contribution in [3.8, 4) is 5.75 Å². The standard InChI is InChI=1S/C20H25FN2O7S2/c1-5-23(6-2)32(27,28)19-13-15(9-11-17(19)30-7-3)22-31(25,26)18-12-14(20(24)29-4)8-10-16(18)21/h8-13,22H,5-7H2,1-4H3. The first-order valence-electron chi connectivity index (χ1n) is 9.69. The molecule has 0 amide bonds. The molecule has 176 valence electrons. The highest BCUT2D eigenvalue weighted by Gasteiger charge is 2.28. The Bertz CT molecular complexity index is 1190. The van der Waals surface area contributed by atoms with Gasteiger partial charge in [0.1, 0.15) is 21.4 Å². The number of sulfonamides is 2. The number of halogens is 1. The van der Waals surface area contributed by atoms with Gasteiger partial charge in [-0.1, -0.05) is 13.8 Å². The zero-order valence-electron chi connectivity index (χ0n) is 18.1. The monoisotopic (exact) mass is 488 g/mol. The van der Waals surface area contributed by atoms with Gasteiger partial charge in [-0.15, -0.1) is 0 Å². The summed E-state index contributed by atoms with van der Waals surface area (Å²) in [6.07, 6.45) is 0. The Balaban J connectivity index is 2.55. The summed E-state index contributed by atoms with van der Waals surface area (Å²) in [5.41, 5.74) is -0.284. The molecule has 0 fully saturated rings. The van der Waals surface area contributed by atoms with Crippen LogP contribution in [-0.4, -0.2) is 53.9 Å². The van der Waals surface area contributed by atoms with Gasteiger partial charge in [0.2, 0.25) is 10.0 Å². The summed E-state index contributed by atoms with van der Waals surface area (Å²) in [7, 11) is -7.39. The number of hydrogen-bond acceptors (Lipinski definition) is 7. The molecular weight excluding hydrogens is 463 g/mol. The maximum Gasteiger partial charge on any atom is 0.337 e. The van der Waals surface area contributed by atoms with E-state index in [1.54, 1.807) is 20.8 Å². The van der Waals surface area contributed by atoms with Crippen LogP contribution in [0, 0.1) is 5.82 Å². The lowest BCUT2D eigenvalue weighted by atomic mass is 10.2. The van der Waals surface area contributed by atoms with E-state index in [1.165, 1.54) is 16.4 Å². The molecule has 0 atom stereocenters. The highest BCUT2D eigenvalue weighted by Crippen LogP contribution is 2.31. The summed E-state index contributed by atoms with van der Waals surface area (Å²) in [6, 6.07) is 6.48. The predicted molar refractivity (Wildman–Crippen MR) is 116 cm³/mol. The van der Waals surface area contributed by atoms with E-state index in [-0.39, 0.29) is 41.6 Å². The van der Waals surface area contributed by atoms with E-state index in [0.717, 1.165) is 31.4 Å². The Hall–Kier alpha value is -2.70. The lowest BCUT2D eigenvalue weighted by Crippen LogP contribution is -2.31. The lowest BCUT2D eigenvalue weighted by molar-refractivity contribution is 0.0600. The number of carbonyl (C=O) groups excluding carboxylic acids is 1. The Kier molecular flexibility index (Phi) is 8.21. The summed E-state index contributed by atoms with van der Waals surface area (Å²) >= 11 is 0. The summed E-state index contributed by atoms with van der Waals surface area (Å²) in [5.74, 6) is -1.87. The van der Waals surface area contributed by atoms with E-state index >= 15 is 0 Å². The minimum Gasteiger partial charge on any atom is -0.492 e. The number of methoxy groups -OCH3 is 1. The van der Waals surface area contributed by atoms with Gasteiger partial charge in [-0.3, -0.25) is 4.72 Å². The van der Waals surface area contributed by atoms with Crippen LogP contribution in [0.15, 0.2) is 46.2 Å². The maximum atomic E-state index is 14.3. The molecule has 0 aliphatic heterocycles. The fraction of sp³-hybridized carbons (Fsp3) is 0.350. The third kappa shape index (κ3) is 5.37. The molecule has 2 aromatic rings. The lowest BCUT2D eigenvalue weighted by Gasteiger charge is -2.21. The summed E-state index contributed by atoms with van der Waals surface area (Å²) < 4.78 is 79.3. The number of benzene rings is 2. The van der Waals surface area contributed by atoms with Crippen molar-refractivity contribution in [2.24, 2.45) is 0 Å². The van der Waals surface area contributed by atoms with Gasteiger partial charge in [-0.2, -0.15) is 4.31 Å².